The normalized spacial score (nSPS) is 29.5. The molecule has 2 saturated carbocycles. The van der Waals surface area contributed by atoms with E-state index in [1.54, 1.807) is 0 Å². The van der Waals surface area contributed by atoms with E-state index in [2.05, 4.69) is 27.3 Å². The Bertz CT molecular complexity index is 489. The standard InChI is InChI=1S/C14H17BrN2S/c15-10-2-1-3-11(13(10)14(16)18)17-12-7-8-4-5-9(12)6-8/h1-3,8-9,12,17H,4-7H2,(H2,16,18). The summed E-state index contributed by atoms with van der Waals surface area (Å²) in [6, 6.07) is 6.69. The Kier molecular flexibility index (Phi) is 3.32. The maximum atomic E-state index is 5.83. The molecule has 0 aromatic heterocycles. The quantitative estimate of drug-likeness (QED) is 0.833. The fraction of sp³-hybridized carbons (Fsp3) is 0.500. The van der Waals surface area contributed by atoms with E-state index in [0.29, 0.717) is 11.0 Å². The molecule has 3 atom stereocenters. The van der Waals surface area contributed by atoms with Gasteiger partial charge in [-0.25, -0.2) is 0 Å². The lowest BCUT2D eigenvalue weighted by Crippen LogP contribution is -2.27. The van der Waals surface area contributed by atoms with Crippen LogP contribution in [0, 0.1) is 11.8 Å². The molecule has 3 rings (SSSR count). The van der Waals surface area contributed by atoms with Gasteiger partial charge in [0.1, 0.15) is 4.99 Å². The molecule has 1 aromatic rings. The van der Waals surface area contributed by atoms with Gasteiger partial charge in [-0.15, -0.1) is 0 Å². The smallest absolute Gasteiger partial charge is 0.107 e. The van der Waals surface area contributed by atoms with Crippen LogP contribution in [0.2, 0.25) is 0 Å². The molecule has 0 saturated heterocycles. The molecule has 2 fully saturated rings. The number of nitrogens with two attached hydrogens (primary N) is 1. The van der Waals surface area contributed by atoms with Gasteiger partial charge in [0, 0.05) is 21.8 Å². The maximum Gasteiger partial charge on any atom is 0.107 e. The molecule has 1 aromatic carbocycles. The second kappa shape index (κ2) is 4.82. The first-order chi connectivity index (χ1) is 8.65. The average Bonchev–Trinajstić information content (AvgIpc) is 2.90. The summed E-state index contributed by atoms with van der Waals surface area (Å²) < 4.78 is 0.975. The largest absolute Gasteiger partial charge is 0.389 e. The lowest BCUT2D eigenvalue weighted by atomic mass is 9.95. The van der Waals surface area contributed by atoms with Crippen LogP contribution >= 0.6 is 28.1 Å². The lowest BCUT2D eigenvalue weighted by molar-refractivity contribution is 0.440. The van der Waals surface area contributed by atoms with Crippen molar-refractivity contribution in [3.63, 3.8) is 0 Å². The first-order valence-electron chi connectivity index (χ1n) is 6.50. The van der Waals surface area contributed by atoms with E-state index in [4.69, 9.17) is 18.0 Å². The highest BCUT2D eigenvalue weighted by Gasteiger charge is 2.39. The molecule has 2 aliphatic rings. The maximum absolute atomic E-state index is 5.83. The van der Waals surface area contributed by atoms with E-state index in [1.807, 2.05) is 12.1 Å². The predicted octanol–water partition coefficient (Wildman–Crippen LogP) is 3.68. The van der Waals surface area contributed by atoms with Gasteiger partial charge >= 0.3 is 0 Å². The molecule has 0 radical (unpaired) electrons. The van der Waals surface area contributed by atoms with Crippen molar-refractivity contribution in [2.45, 2.75) is 31.7 Å². The van der Waals surface area contributed by atoms with Gasteiger partial charge < -0.3 is 11.1 Å². The molecule has 18 heavy (non-hydrogen) atoms. The summed E-state index contributed by atoms with van der Waals surface area (Å²) in [5.41, 5.74) is 7.85. The minimum Gasteiger partial charge on any atom is -0.389 e. The molecule has 0 aliphatic heterocycles. The number of thiocarbonyl (C=S) groups is 1. The number of benzene rings is 1. The number of halogens is 1. The monoisotopic (exact) mass is 324 g/mol. The van der Waals surface area contributed by atoms with Crippen molar-refractivity contribution >= 4 is 38.8 Å². The van der Waals surface area contributed by atoms with E-state index in [0.717, 1.165) is 27.6 Å². The third-order valence-corrected chi connectivity index (χ3v) is 5.20. The average molecular weight is 325 g/mol. The summed E-state index contributed by atoms with van der Waals surface area (Å²) in [7, 11) is 0. The highest BCUT2D eigenvalue weighted by Crippen LogP contribution is 2.45. The molecule has 0 amide bonds. The van der Waals surface area contributed by atoms with E-state index in [9.17, 15) is 0 Å². The second-order valence-corrected chi connectivity index (χ2v) is 6.75. The van der Waals surface area contributed by atoms with Crippen molar-refractivity contribution in [2.24, 2.45) is 17.6 Å². The van der Waals surface area contributed by atoms with Crippen molar-refractivity contribution in [3.05, 3.63) is 28.2 Å². The second-order valence-electron chi connectivity index (χ2n) is 5.45. The summed E-state index contributed by atoms with van der Waals surface area (Å²) in [4.78, 5) is 0.452. The van der Waals surface area contributed by atoms with Crippen molar-refractivity contribution in [1.29, 1.82) is 0 Å². The van der Waals surface area contributed by atoms with Crippen molar-refractivity contribution in [2.75, 3.05) is 5.32 Å². The van der Waals surface area contributed by atoms with Crippen LogP contribution in [0.5, 0.6) is 0 Å². The zero-order valence-corrected chi connectivity index (χ0v) is 12.6. The number of fused-ring (bicyclic) bond motifs is 2. The van der Waals surface area contributed by atoms with Crippen LogP contribution in [0.25, 0.3) is 0 Å². The molecule has 2 bridgehead atoms. The fourth-order valence-corrected chi connectivity index (χ4v) is 4.45. The molecular formula is C14H17BrN2S. The van der Waals surface area contributed by atoms with Gasteiger partial charge in [-0.1, -0.05) is 24.7 Å². The molecule has 96 valence electrons. The Balaban J connectivity index is 1.84. The highest BCUT2D eigenvalue weighted by atomic mass is 79.9. The van der Waals surface area contributed by atoms with Crippen molar-refractivity contribution < 1.29 is 0 Å². The van der Waals surface area contributed by atoms with Gasteiger partial charge in [-0.05, 0) is 59.2 Å². The fourth-order valence-electron chi connectivity index (χ4n) is 3.52. The third-order valence-electron chi connectivity index (χ3n) is 4.34. The summed E-state index contributed by atoms with van der Waals surface area (Å²) in [6.07, 6.45) is 5.49. The summed E-state index contributed by atoms with van der Waals surface area (Å²) >= 11 is 8.68. The summed E-state index contributed by atoms with van der Waals surface area (Å²) in [5, 5.41) is 3.67. The van der Waals surface area contributed by atoms with Crippen molar-refractivity contribution in [1.82, 2.24) is 0 Å². The van der Waals surface area contributed by atoms with Crippen LogP contribution in [0.4, 0.5) is 5.69 Å². The van der Waals surface area contributed by atoms with E-state index >= 15 is 0 Å². The first-order valence-corrected chi connectivity index (χ1v) is 7.70. The Morgan fingerprint density at radius 1 is 1.33 bits per heavy atom. The van der Waals surface area contributed by atoms with Crippen LogP contribution in [-0.4, -0.2) is 11.0 Å². The Hall–Kier alpha value is -0.610. The number of nitrogens with one attached hydrogen (secondary N) is 1. The number of hydrogen-bond donors (Lipinski definition) is 2. The van der Waals surface area contributed by atoms with Crippen LogP contribution in [-0.2, 0) is 0 Å². The van der Waals surface area contributed by atoms with E-state index < -0.39 is 0 Å². The zero-order chi connectivity index (χ0) is 12.7. The number of anilines is 1. The van der Waals surface area contributed by atoms with Crippen LogP contribution < -0.4 is 11.1 Å². The summed E-state index contributed by atoms with van der Waals surface area (Å²) in [5.74, 6) is 1.78. The Labute approximate surface area is 121 Å². The number of rotatable bonds is 3. The van der Waals surface area contributed by atoms with E-state index in [1.165, 1.54) is 25.7 Å². The van der Waals surface area contributed by atoms with Crippen molar-refractivity contribution in [3.8, 4) is 0 Å². The van der Waals surface area contributed by atoms with Gasteiger partial charge in [0.2, 0.25) is 0 Å². The van der Waals surface area contributed by atoms with Gasteiger partial charge in [0.15, 0.2) is 0 Å². The zero-order valence-electron chi connectivity index (χ0n) is 10.2. The van der Waals surface area contributed by atoms with Crippen LogP contribution in [0.1, 0.15) is 31.2 Å². The van der Waals surface area contributed by atoms with Gasteiger partial charge in [0.05, 0.1) is 0 Å². The Morgan fingerprint density at radius 3 is 2.78 bits per heavy atom. The molecule has 2 nitrogen and oxygen atoms in total. The molecular weight excluding hydrogens is 308 g/mol. The van der Waals surface area contributed by atoms with Gasteiger partial charge in [-0.3, -0.25) is 0 Å². The minimum absolute atomic E-state index is 0.452. The van der Waals surface area contributed by atoms with Crippen LogP contribution in [0.3, 0.4) is 0 Å². The number of hydrogen-bond acceptors (Lipinski definition) is 2. The van der Waals surface area contributed by atoms with Gasteiger partial charge in [-0.2, -0.15) is 0 Å². The first kappa shape index (κ1) is 12.4. The topological polar surface area (TPSA) is 38.0 Å². The highest BCUT2D eigenvalue weighted by molar-refractivity contribution is 9.10. The lowest BCUT2D eigenvalue weighted by Gasteiger charge is -2.25. The SMILES string of the molecule is NC(=S)c1c(Br)cccc1NC1CC2CCC1C2. The molecule has 3 unspecified atom stereocenters. The summed E-state index contributed by atoms with van der Waals surface area (Å²) in [6.45, 7) is 0. The molecule has 0 heterocycles. The Morgan fingerprint density at radius 2 is 2.17 bits per heavy atom. The minimum atomic E-state index is 0.452. The van der Waals surface area contributed by atoms with Crippen LogP contribution in [0.15, 0.2) is 22.7 Å². The molecule has 0 spiro atoms. The van der Waals surface area contributed by atoms with Gasteiger partial charge in [0.25, 0.3) is 0 Å². The molecule has 3 N–H and O–H groups in total. The van der Waals surface area contributed by atoms with E-state index in [-0.39, 0.29) is 0 Å². The molecule has 4 heteroatoms. The molecule has 2 aliphatic carbocycles. The predicted molar refractivity (Wildman–Crippen MR) is 82.9 cm³/mol. The third kappa shape index (κ3) is 2.16.